The van der Waals surface area contributed by atoms with Gasteiger partial charge in [-0.3, -0.25) is 0 Å². The zero-order chi connectivity index (χ0) is 11.6. The number of anilines is 2. The second-order valence-electron chi connectivity index (χ2n) is 2.89. The minimum Gasteiger partial charge on any atom is -0.394 e. The van der Waals surface area contributed by atoms with E-state index in [1.54, 1.807) is 0 Å². The molecule has 15 heavy (non-hydrogen) atoms. The van der Waals surface area contributed by atoms with Gasteiger partial charge in [0.05, 0.1) is 11.9 Å². The second kappa shape index (κ2) is 4.09. The Hall–Kier alpha value is -1.24. The molecule has 1 aromatic heterocycles. The Balaban J connectivity index is 2.90. The van der Waals surface area contributed by atoms with Gasteiger partial charge in [-0.2, -0.15) is 18.2 Å². The highest BCUT2D eigenvalue weighted by molar-refractivity contribution is 6.28. The molecule has 8 heteroatoms. The standard InChI is InChI=1S/C7H8ClF3N4/c1-15(3-7(9,10)11)5-4(12)2-13-6(8)14-5/h2H,3,12H2,1H3. The molecule has 0 atom stereocenters. The number of nitrogens with zero attached hydrogens (tertiary/aromatic N) is 3. The molecular formula is C7H8ClF3N4. The van der Waals surface area contributed by atoms with Crippen molar-refractivity contribution in [1.82, 2.24) is 9.97 Å². The van der Waals surface area contributed by atoms with Gasteiger partial charge in [0.25, 0.3) is 0 Å². The van der Waals surface area contributed by atoms with Gasteiger partial charge in [0.15, 0.2) is 5.82 Å². The fourth-order valence-electron chi connectivity index (χ4n) is 1.01. The van der Waals surface area contributed by atoms with Crippen molar-refractivity contribution >= 4 is 23.1 Å². The molecule has 0 fully saturated rings. The Morgan fingerprint density at radius 2 is 2.13 bits per heavy atom. The minimum atomic E-state index is -4.32. The quantitative estimate of drug-likeness (QED) is 0.800. The fraction of sp³-hybridized carbons (Fsp3) is 0.429. The SMILES string of the molecule is CN(CC(F)(F)F)c1nc(Cl)ncc1N. The van der Waals surface area contributed by atoms with Crippen LogP contribution in [0.3, 0.4) is 0 Å². The van der Waals surface area contributed by atoms with E-state index in [0.717, 1.165) is 11.1 Å². The van der Waals surface area contributed by atoms with Gasteiger partial charge in [0.2, 0.25) is 5.28 Å². The van der Waals surface area contributed by atoms with E-state index in [1.807, 2.05) is 0 Å². The third-order valence-corrected chi connectivity index (χ3v) is 1.73. The molecule has 0 saturated carbocycles. The van der Waals surface area contributed by atoms with Crippen LogP contribution >= 0.6 is 11.6 Å². The van der Waals surface area contributed by atoms with Crippen LogP contribution in [0, 0.1) is 0 Å². The summed E-state index contributed by atoms with van der Waals surface area (Å²) in [5.74, 6) is -0.0349. The van der Waals surface area contributed by atoms with Gasteiger partial charge in [0.1, 0.15) is 6.54 Å². The molecule has 4 nitrogen and oxygen atoms in total. The lowest BCUT2D eigenvalue weighted by Crippen LogP contribution is -2.32. The van der Waals surface area contributed by atoms with Crippen molar-refractivity contribution in [2.24, 2.45) is 0 Å². The Morgan fingerprint density at radius 1 is 1.53 bits per heavy atom. The Kier molecular flexibility index (Phi) is 3.23. The molecule has 0 saturated heterocycles. The molecule has 0 aliphatic rings. The van der Waals surface area contributed by atoms with Gasteiger partial charge >= 0.3 is 6.18 Å². The highest BCUT2D eigenvalue weighted by Crippen LogP contribution is 2.24. The second-order valence-corrected chi connectivity index (χ2v) is 3.23. The van der Waals surface area contributed by atoms with Crippen LogP contribution in [0.15, 0.2) is 6.20 Å². The van der Waals surface area contributed by atoms with Crippen LogP contribution in [0.2, 0.25) is 5.28 Å². The van der Waals surface area contributed by atoms with Gasteiger partial charge in [-0.25, -0.2) is 4.98 Å². The van der Waals surface area contributed by atoms with Crippen LogP contribution in [0.5, 0.6) is 0 Å². The largest absolute Gasteiger partial charge is 0.405 e. The first-order valence-electron chi connectivity index (χ1n) is 3.85. The number of aromatic nitrogens is 2. The summed E-state index contributed by atoms with van der Waals surface area (Å²) in [4.78, 5) is 8.02. The van der Waals surface area contributed by atoms with Gasteiger partial charge < -0.3 is 10.6 Å². The first-order chi connectivity index (χ1) is 6.79. The number of nitrogen functional groups attached to an aromatic ring is 1. The highest BCUT2D eigenvalue weighted by Gasteiger charge is 2.30. The zero-order valence-corrected chi connectivity index (χ0v) is 8.47. The minimum absolute atomic E-state index is 0.0349. The topological polar surface area (TPSA) is 55.0 Å². The lowest BCUT2D eigenvalue weighted by Gasteiger charge is -2.20. The summed E-state index contributed by atoms with van der Waals surface area (Å²) in [6.07, 6.45) is -3.16. The normalized spacial score (nSPS) is 11.5. The first kappa shape index (κ1) is 11.8. The summed E-state index contributed by atoms with van der Waals surface area (Å²) >= 11 is 5.45. The molecule has 0 aliphatic carbocycles. The molecule has 84 valence electrons. The van der Waals surface area contributed by atoms with Crippen molar-refractivity contribution in [3.8, 4) is 0 Å². The van der Waals surface area contributed by atoms with Crippen molar-refractivity contribution in [3.05, 3.63) is 11.5 Å². The lowest BCUT2D eigenvalue weighted by molar-refractivity contribution is -0.119. The van der Waals surface area contributed by atoms with E-state index in [2.05, 4.69) is 9.97 Å². The average Bonchev–Trinajstić information content (AvgIpc) is 2.06. The maximum absolute atomic E-state index is 12.1. The number of alkyl halides is 3. The number of hydrogen-bond donors (Lipinski definition) is 1. The van der Waals surface area contributed by atoms with Crippen LogP contribution in [-0.2, 0) is 0 Å². The van der Waals surface area contributed by atoms with Gasteiger partial charge in [-0.15, -0.1) is 0 Å². The Morgan fingerprint density at radius 3 is 2.67 bits per heavy atom. The van der Waals surface area contributed by atoms with Gasteiger partial charge in [-0.1, -0.05) is 0 Å². The molecule has 0 aromatic carbocycles. The van der Waals surface area contributed by atoms with Gasteiger partial charge in [0, 0.05) is 7.05 Å². The first-order valence-corrected chi connectivity index (χ1v) is 4.23. The van der Waals surface area contributed by atoms with E-state index in [1.165, 1.54) is 7.05 Å². The molecule has 1 rings (SSSR count). The van der Waals surface area contributed by atoms with Crippen molar-refractivity contribution in [3.63, 3.8) is 0 Å². The highest BCUT2D eigenvalue weighted by atomic mass is 35.5. The number of rotatable bonds is 2. The third-order valence-electron chi connectivity index (χ3n) is 1.54. The average molecular weight is 241 g/mol. The van der Waals surface area contributed by atoms with Crippen LogP contribution < -0.4 is 10.6 Å². The monoisotopic (exact) mass is 240 g/mol. The summed E-state index contributed by atoms with van der Waals surface area (Å²) in [5.41, 5.74) is 5.46. The summed E-state index contributed by atoms with van der Waals surface area (Å²) in [6, 6.07) is 0. The lowest BCUT2D eigenvalue weighted by atomic mass is 10.4. The van der Waals surface area contributed by atoms with Gasteiger partial charge in [-0.05, 0) is 11.6 Å². The molecule has 0 radical (unpaired) electrons. The maximum atomic E-state index is 12.1. The zero-order valence-electron chi connectivity index (χ0n) is 7.72. The van der Waals surface area contributed by atoms with E-state index in [0.29, 0.717) is 0 Å². The number of nitrogens with two attached hydrogens (primary N) is 1. The predicted molar refractivity (Wildman–Crippen MR) is 50.8 cm³/mol. The predicted octanol–water partition coefficient (Wildman–Crippen LogP) is 1.71. The molecule has 0 aliphatic heterocycles. The van der Waals surface area contributed by atoms with Crippen molar-refractivity contribution in [2.75, 3.05) is 24.2 Å². The number of halogens is 4. The number of hydrogen-bond acceptors (Lipinski definition) is 4. The molecule has 2 N–H and O–H groups in total. The third kappa shape index (κ3) is 3.43. The van der Waals surface area contributed by atoms with Crippen molar-refractivity contribution in [2.45, 2.75) is 6.18 Å². The van der Waals surface area contributed by atoms with Crippen molar-refractivity contribution in [1.29, 1.82) is 0 Å². The van der Waals surface area contributed by atoms with E-state index < -0.39 is 12.7 Å². The van der Waals surface area contributed by atoms with Crippen LogP contribution in [0.25, 0.3) is 0 Å². The molecule has 1 heterocycles. The summed E-state index contributed by atoms with van der Waals surface area (Å²) in [7, 11) is 1.22. The van der Waals surface area contributed by atoms with E-state index >= 15 is 0 Å². The van der Waals surface area contributed by atoms with Crippen LogP contribution in [0.1, 0.15) is 0 Å². The Bertz CT molecular complexity index is 355. The molecule has 1 aromatic rings. The molecule has 0 bridgehead atoms. The molecular weight excluding hydrogens is 233 g/mol. The summed E-state index contributed by atoms with van der Waals surface area (Å²) in [6.45, 7) is -1.15. The Labute approximate surface area is 88.9 Å². The van der Waals surface area contributed by atoms with E-state index in [9.17, 15) is 13.2 Å². The molecule has 0 spiro atoms. The van der Waals surface area contributed by atoms with E-state index in [-0.39, 0.29) is 16.8 Å². The smallest absolute Gasteiger partial charge is 0.394 e. The van der Waals surface area contributed by atoms with Crippen molar-refractivity contribution < 1.29 is 13.2 Å². The maximum Gasteiger partial charge on any atom is 0.405 e. The van der Waals surface area contributed by atoms with Crippen LogP contribution in [-0.4, -0.2) is 29.7 Å². The van der Waals surface area contributed by atoms with E-state index in [4.69, 9.17) is 17.3 Å². The summed E-state index contributed by atoms with van der Waals surface area (Å²) < 4.78 is 36.2. The summed E-state index contributed by atoms with van der Waals surface area (Å²) in [5, 5.41) is -0.145. The fourth-order valence-corrected chi connectivity index (χ4v) is 1.14. The van der Waals surface area contributed by atoms with Crippen LogP contribution in [0.4, 0.5) is 24.7 Å². The molecule has 0 unspecified atom stereocenters. The molecule has 0 amide bonds.